The fourth-order valence-electron chi connectivity index (χ4n) is 5.10. The number of hydrogen-bond donors (Lipinski definition) is 1. The Morgan fingerprint density at radius 1 is 0.868 bits per heavy atom. The minimum Gasteiger partial charge on any atom is -0.457 e. The molecule has 4 heterocycles. The number of benzene rings is 2. The van der Waals surface area contributed by atoms with Gasteiger partial charge in [-0.05, 0) is 87.6 Å². The molecule has 1 saturated heterocycles. The summed E-state index contributed by atoms with van der Waals surface area (Å²) in [4.78, 5) is 6.84. The van der Waals surface area contributed by atoms with E-state index in [2.05, 4.69) is 56.9 Å². The van der Waals surface area contributed by atoms with Crippen molar-refractivity contribution in [2.45, 2.75) is 32.9 Å². The molecule has 9 heteroatoms. The Bertz CT molecular complexity index is 1560. The SMILES string of the molecule is Cc1ccc(Oc2ccc(N3C(=S)N[C@@H](c4ccccn4)[C@H]3c3cc(C)n(-n4cnnc4)c3C)cc2)cc1. The molecule has 2 aromatic carbocycles. The summed E-state index contributed by atoms with van der Waals surface area (Å²) >= 11 is 5.91. The molecule has 1 aliphatic heterocycles. The van der Waals surface area contributed by atoms with Gasteiger partial charge >= 0.3 is 0 Å². The highest BCUT2D eigenvalue weighted by atomic mass is 32.1. The first-order chi connectivity index (χ1) is 18.5. The maximum absolute atomic E-state index is 6.06. The summed E-state index contributed by atoms with van der Waals surface area (Å²) in [6.07, 6.45) is 5.21. The molecule has 0 radical (unpaired) electrons. The minimum atomic E-state index is -0.137. The van der Waals surface area contributed by atoms with Crippen LogP contribution in [0.4, 0.5) is 5.69 Å². The van der Waals surface area contributed by atoms with Crippen molar-refractivity contribution in [2.75, 3.05) is 4.90 Å². The second-order valence-corrected chi connectivity index (χ2v) is 9.77. The first-order valence-corrected chi connectivity index (χ1v) is 12.8. The normalized spacial score (nSPS) is 17.0. The van der Waals surface area contributed by atoms with Gasteiger partial charge in [-0.3, -0.25) is 9.66 Å². The van der Waals surface area contributed by atoms with Gasteiger partial charge in [0.1, 0.15) is 24.2 Å². The van der Waals surface area contributed by atoms with E-state index in [1.54, 1.807) is 12.7 Å². The van der Waals surface area contributed by atoms with Crippen LogP contribution in [0.25, 0.3) is 0 Å². The molecule has 0 unspecified atom stereocenters. The van der Waals surface area contributed by atoms with Crippen LogP contribution in [0.3, 0.4) is 0 Å². The van der Waals surface area contributed by atoms with E-state index in [-0.39, 0.29) is 12.1 Å². The Morgan fingerprint density at radius 3 is 2.21 bits per heavy atom. The van der Waals surface area contributed by atoms with Crippen molar-refractivity contribution >= 4 is 23.0 Å². The lowest BCUT2D eigenvalue weighted by Gasteiger charge is -2.28. The number of anilines is 1. The Balaban J connectivity index is 1.39. The third-order valence-electron chi connectivity index (χ3n) is 6.86. The van der Waals surface area contributed by atoms with Crippen molar-refractivity contribution in [2.24, 2.45) is 0 Å². The van der Waals surface area contributed by atoms with Gasteiger partial charge in [0, 0.05) is 28.8 Å². The number of nitrogens with one attached hydrogen (secondary N) is 1. The van der Waals surface area contributed by atoms with Crippen LogP contribution in [-0.4, -0.2) is 29.6 Å². The van der Waals surface area contributed by atoms with Crippen LogP contribution in [0, 0.1) is 20.8 Å². The van der Waals surface area contributed by atoms with Crippen LogP contribution in [0.15, 0.2) is 91.6 Å². The molecule has 2 atom stereocenters. The summed E-state index contributed by atoms with van der Waals surface area (Å²) in [6, 6.07) is 24.0. The van der Waals surface area contributed by atoms with Gasteiger partial charge in [-0.2, -0.15) is 0 Å². The Morgan fingerprint density at radius 2 is 1.55 bits per heavy atom. The van der Waals surface area contributed by atoms with Crippen LogP contribution in [0.1, 0.15) is 40.3 Å². The van der Waals surface area contributed by atoms with E-state index in [4.69, 9.17) is 17.0 Å². The smallest absolute Gasteiger partial charge is 0.174 e. The van der Waals surface area contributed by atoms with Crippen LogP contribution in [-0.2, 0) is 0 Å². The van der Waals surface area contributed by atoms with Crippen LogP contribution < -0.4 is 15.0 Å². The molecule has 3 aromatic heterocycles. The fraction of sp³-hybridized carbons (Fsp3) is 0.172. The highest BCUT2D eigenvalue weighted by molar-refractivity contribution is 7.80. The molecule has 5 aromatic rings. The Hall–Kier alpha value is -4.50. The zero-order chi connectivity index (χ0) is 26.2. The highest BCUT2D eigenvalue weighted by Crippen LogP contribution is 2.43. The van der Waals surface area contributed by atoms with Crippen molar-refractivity contribution < 1.29 is 4.74 Å². The summed E-state index contributed by atoms with van der Waals surface area (Å²) in [6.45, 7) is 6.24. The van der Waals surface area contributed by atoms with E-state index in [0.29, 0.717) is 5.11 Å². The number of aryl methyl sites for hydroxylation is 2. The number of rotatable bonds is 6. The van der Waals surface area contributed by atoms with Crippen LogP contribution >= 0.6 is 12.2 Å². The number of thiocarbonyl (C=S) groups is 1. The Kier molecular flexibility index (Phi) is 6.13. The Labute approximate surface area is 226 Å². The summed E-state index contributed by atoms with van der Waals surface area (Å²) in [7, 11) is 0. The van der Waals surface area contributed by atoms with Gasteiger partial charge in [0.05, 0.1) is 17.8 Å². The lowest BCUT2D eigenvalue weighted by atomic mass is 9.96. The molecule has 190 valence electrons. The summed E-state index contributed by atoms with van der Waals surface area (Å²) in [5.41, 5.74) is 6.37. The third-order valence-corrected chi connectivity index (χ3v) is 7.17. The van der Waals surface area contributed by atoms with Crippen molar-refractivity contribution in [1.82, 2.24) is 29.9 Å². The topological polar surface area (TPSA) is 73.0 Å². The maximum atomic E-state index is 6.06. The predicted octanol–water partition coefficient (Wildman–Crippen LogP) is 5.68. The van der Waals surface area contributed by atoms with E-state index in [0.717, 1.165) is 39.8 Å². The molecule has 1 N–H and O–H groups in total. The van der Waals surface area contributed by atoms with Gasteiger partial charge in [0.2, 0.25) is 0 Å². The van der Waals surface area contributed by atoms with Crippen LogP contribution in [0.2, 0.25) is 0 Å². The fourth-order valence-corrected chi connectivity index (χ4v) is 5.44. The van der Waals surface area contributed by atoms with E-state index in [9.17, 15) is 0 Å². The monoisotopic (exact) mass is 521 g/mol. The van der Waals surface area contributed by atoms with E-state index in [1.807, 2.05) is 77.6 Å². The molecule has 0 saturated carbocycles. The molecule has 0 spiro atoms. The molecule has 8 nitrogen and oxygen atoms in total. The van der Waals surface area contributed by atoms with Crippen molar-refractivity contribution in [1.29, 1.82) is 0 Å². The standard InChI is InChI=1S/C29H27N7OS/c1-19-7-11-23(12-8-19)37-24-13-9-22(10-14-24)35-28(27(33-29(35)38)26-6-4-5-15-30-26)25-16-20(2)36(21(25)3)34-17-31-32-18-34/h4-18,27-28H,1-3H3,(H,33,38)/t27-,28+/m0/s1. The minimum absolute atomic E-state index is 0.127. The number of ether oxygens (including phenoxy) is 1. The molecule has 1 fully saturated rings. The van der Waals surface area contributed by atoms with Gasteiger partial charge in [0.15, 0.2) is 5.11 Å². The van der Waals surface area contributed by atoms with Crippen molar-refractivity contribution in [3.63, 3.8) is 0 Å². The number of pyridine rings is 1. The predicted molar refractivity (Wildman–Crippen MR) is 150 cm³/mol. The molecule has 1 aliphatic rings. The maximum Gasteiger partial charge on any atom is 0.174 e. The molecule has 0 bridgehead atoms. The molecule has 0 amide bonds. The van der Waals surface area contributed by atoms with Crippen LogP contribution in [0.5, 0.6) is 11.5 Å². The molecule has 0 aliphatic carbocycles. The van der Waals surface area contributed by atoms with Crippen molar-refractivity contribution in [3.8, 4) is 11.5 Å². The number of nitrogens with zero attached hydrogens (tertiary/aromatic N) is 6. The van der Waals surface area contributed by atoms with Gasteiger partial charge in [0.25, 0.3) is 0 Å². The highest BCUT2D eigenvalue weighted by Gasteiger charge is 2.42. The molecule has 38 heavy (non-hydrogen) atoms. The summed E-state index contributed by atoms with van der Waals surface area (Å²) < 4.78 is 10.0. The van der Waals surface area contributed by atoms with Gasteiger partial charge in [-0.1, -0.05) is 23.8 Å². The first-order valence-electron chi connectivity index (χ1n) is 12.4. The van der Waals surface area contributed by atoms with Gasteiger partial charge in [-0.15, -0.1) is 10.2 Å². The second kappa shape index (κ2) is 9.75. The van der Waals surface area contributed by atoms with E-state index in [1.165, 1.54) is 5.56 Å². The third kappa shape index (κ3) is 4.31. The van der Waals surface area contributed by atoms with Crippen molar-refractivity contribution in [3.05, 3.63) is 120 Å². The second-order valence-electron chi connectivity index (χ2n) is 9.39. The zero-order valence-corrected chi connectivity index (χ0v) is 22.1. The van der Waals surface area contributed by atoms with E-state index >= 15 is 0 Å². The average Bonchev–Trinajstić information content (AvgIpc) is 3.64. The zero-order valence-electron chi connectivity index (χ0n) is 21.3. The average molecular weight is 522 g/mol. The number of hydrogen-bond acceptors (Lipinski definition) is 5. The quantitative estimate of drug-likeness (QED) is 0.288. The largest absolute Gasteiger partial charge is 0.457 e. The lowest BCUT2D eigenvalue weighted by Crippen LogP contribution is -2.29. The molecule has 6 rings (SSSR count). The van der Waals surface area contributed by atoms with Gasteiger partial charge in [-0.25, -0.2) is 4.68 Å². The summed E-state index contributed by atoms with van der Waals surface area (Å²) in [5.74, 6) is 1.57. The van der Waals surface area contributed by atoms with Gasteiger partial charge < -0.3 is 15.0 Å². The first kappa shape index (κ1) is 23.9. The number of aromatic nitrogens is 5. The molecular formula is C29H27N7OS. The molecular weight excluding hydrogens is 494 g/mol. The summed E-state index contributed by atoms with van der Waals surface area (Å²) in [5, 5.41) is 12.2. The lowest BCUT2D eigenvalue weighted by molar-refractivity contribution is 0.482. The van der Waals surface area contributed by atoms with E-state index < -0.39 is 0 Å².